The van der Waals surface area contributed by atoms with Crippen molar-refractivity contribution in [1.82, 2.24) is 0 Å². The van der Waals surface area contributed by atoms with Gasteiger partial charge in [0.05, 0.1) is 10.3 Å². The average molecular weight is 547 g/mol. The molecule has 1 atom stereocenters. The molecule has 0 N–H and O–H groups in total. The Balaban J connectivity index is 0.00000353. The summed E-state index contributed by atoms with van der Waals surface area (Å²) in [6.07, 6.45) is 0. The fourth-order valence-corrected chi connectivity index (χ4v) is 5.42. The Morgan fingerprint density at radius 3 is 1.54 bits per heavy atom. The van der Waals surface area contributed by atoms with E-state index in [1.54, 1.807) is 18.2 Å². The van der Waals surface area contributed by atoms with Gasteiger partial charge in [-0.2, -0.15) is 0 Å². The SMILES string of the molecule is Cc1cccc(Cl)c1C(=O)Pc1c(Oc2ccccc2)cc(Oc2ccccc2)cc1Oc1ccccc1.[LiH]. The maximum atomic E-state index is 13.6. The van der Waals surface area contributed by atoms with Crippen molar-refractivity contribution in [2.75, 3.05) is 0 Å². The predicted octanol–water partition coefficient (Wildman–Crippen LogP) is 8.52. The van der Waals surface area contributed by atoms with Crippen LogP contribution in [0.3, 0.4) is 0 Å². The van der Waals surface area contributed by atoms with E-state index in [0.29, 0.717) is 50.4 Å². The summed E-state index contributed by atoms with van der Waals surface area (Å²) in [7, 11) is -0.315. The van der Waals surface area contributed by atoms with Crippen LogP contribution in [0.1, 0.15) is 15.9 Å². The first-order valence-electron chi connectivity index (χ1n) is 12.0. The molecule has 0 bridgehead atoms. The van der Waals surface area contributed by atoms with Crippen molar-refractivity contribution in [3.63, 3.8) is 0 Å². The zero-order valence-corrected chi connectivity index (χ0v) is 22.3. The minimum atomic E-state index is -0.315. The summed E-state index contributed by atoms with van der Waals surface area (Å²) in [4.78, 5) is 13.6. The molecule has 0 aliphatic carbocycles. The molecule has 0 saturated heterocycles. The molecule has 0 aromatic heterocycles. The first-order valence-corrected chi connectivity index (χ1v) is 13.4. The van der Waals surface area contributed by atoms with Crippen molar-refractivity contribution < 1.29 is 19.0 Å². The normalized spacial score (nSPS) is 10.6. The number of ether oxygens (including phenoxy) is 3. The van der Waals surface area contributed by atoms with Gasteiger partial charge in [-0.05, 0) is 63.5 Å². The van der Waals surface area contributed by atoms with Crippen molar-refractivity contribution in [2.24, 2.45) is 0 Å². The molecule has 0 aliphatic rings. The molecule has 1 unspecified atom stereocenters. The quantitative estimate of drug-likeness (QED) is 0.137. The third-order valence-electron chi connectivity index (χ3n) is 5.65. The molecule has 0 aliphatic heterocycles. The van der Waals surface area contributed by atoms with Gasteiger partial charge in [0.25, 0.3) is 0 Å². The van der Waals surface area contributed by atoms with Crippen LogP contribution in [0.25, 0.3) is 0 Å². The van der Waals surface area contributed by atoms with Crippen molar-refractivity contribution >= 4 is 49.9 Å². The molecule has 0 fully saturated rings. The number of hydrogen-bond acceptors (Lipinski definition) is 4. The molecule has 4 nitrogen and oxygen atoms in total. The summed E-state index contributed by atoms with van der Waals surface area (Å²) in [5.41, 5.74) is 1.20. The number of halogens is 1. The third-order valence-corrected chi connectivity index (χ3v) is 7.18. The van der Waals surface area contributed by atoms with Crippen LogP contribution in [0.4, 0.5) is 0 Å². The van der Waals surface area contributed by atoms with Crippen LogP contribution in [0, 0.1) is 6.92 Å². The third kappa shape index (κ3) is 7.33. The van der Waals surface area contributed by atoms with Gasteiger partial charge < -0.3 is 14.2 Å². The molecule has 0 spiro atoms. The Hall–Kier alpha value is -3.51. The van der Waals surface area contributed by atoms with E-state index < -0.39 is 0 Å². The number of rotatable bonds is 9. The summed E-state index contributed by atoms with van der Waals surface area (Å²) >= 11 is 6.45. The zero-order valence-electron chi connectivity index (χ0n) is 20.6. The zero-order chi connectivity index (χ0) is 26.3. The second kappa shape index (κ2) is 13.5. The van der Waals surface area contributed by atoms with E-state index in [-0.39, 0.29) is 33.0 Å². The van der Waals surface area contributed by atoms with E-state index in [9.17, 15) is 4.79 Å². The molecular formula is C32H25ClLiO4P. The van der Waals surface area contributed by atoms with Gasteiger partial charge in [0.15, 0.2) is 5.52 Å². The summed E-state index contributed by atoms with van der Waals surface area (Å²) in [5.74, 6) is 3.37. The summed E-state index contributed by atoms with van der Waals surface area (Å²) in [6, 6.07) is 37.3. The van der Waals surface area contributed by atoms with Crippen molar-refractivity contribution in [3.8, 4) is 34.5 Å². The van der Waals surface area contributed by atoms with Gasteiger partial charge in [0, 0.05) is 17.7 Å². The van der Waals surface area contributed by atoms with Gasteiger partial charge in [-0.15, -0.1) is 0 Å². The molecule has 0 saturated carbocycles. The van der Waals surface area contributed by atoms with Gasteiger partial charge in [-0.1, -0.05) is 78.3 Å². The fraction of sp³-hybridized carbons (Fsp3) is 0.0312. The molecule has 7 heteroatoms. The van der Waals surface area contributed by atoms with Gasteiger partial charge in [-0.3, -0.25) is 4.79 Å². The van der Waals surface area contributed by atoms with Gasteiger partial charge >= 0.3 is 18.9 Å². The second-order valence-corrected chi connectivity index (χ2v) is 10.0. The van der Waals surface area contributed by atoms with Crippen LogP contribution < -0.4 is 19.5 Å². The molecule has 5 aromatic rings. The Bertz CT molecular complexity index is 1460. The van der Waals surface area contributed by atoms with Crippen LogP contribution in [0.5, 0.6) is 34.5 Å². The van der Waals surface area contributed by atoms with Crippen molar-refractivity contribution in [3.05, 3.63) is 137 Å². The summed E-state index contributed by atoms with van der Waals surface area (Å²) < 4.78 is 18.8. The Kier molecular flexibility index (Phi) is 9.88. The van der Waals surface area contributed by atoms with E-state index in [1.807, 2.05) is 110 Å². The Morgan fingerprint density at radius 1 is 0.615 bits per heavy atom. The first-order chi connectivity index (χ1) is 18.6. The molecule has 5 rings (SSSR count). The molecule has 39 heavy (non-hydrogen) atoms. The number of benzene rings is 5. The standard InChI is InChI=1S/C32H24ClO4P.Li.H/c1-22-12-11-19-27(33)30(22)32(34)38-31-28(36-24-15-7-3-8-16-24)20-26(35-23-13-5-2-6-14-23)21-29(31)37-25-17-9-4-10-18-25;;/h2-21,38H,1H3;;. The molecular weight excluding hydrogens is 522 g/mol. The van der Waals surface area contributed by atoms with Gasteiger partial charge in [0.2, 0.25) is 0 Å². The predicted molar refractivity (Wildman–Crippen MR) is 162 cm³/mol. The van der Waals surface area contributed by atoms with Crippen LogP contribution >= 0.6 is 20.2 Å². The minimum absolute atomic E-state index is 0. The van der Waals surface area contributed by atoms with E-state index in [0.717, 1.165) is 5.56 Å². The van der Waals surface area contributed by atoms with E-state index in [1.165, 1.54) is 0 Å². The fourth-order valence-electron chi connectivity index (χ4n) is 3.86. The second-order valence-electron chi connectivity index (χ2n) is 8.43. The van der Waals surface area contributed by atoms with E-state index in [4.69, 9.17) is 25.8 Å². The van der Waals surface area contributed by atoms with Gasteiger partial charge in [0.1, 0.15) is 34.5 Å². The average Bonchev–Trinajstić information content (AvgIpc) is 2.92. The molecule has 190 valence electrons. The van der Waals surface area contributed by atoms with Crippen LogP contribution in [0.15, 0.2) is 121 Å². The monoisotopic (exact) mass is 546 g/mol. The molecule has 5 aromatic carbocycles. The number of hydrogen-bond donors (Lipinski definition) is 0. The van der Waals surface area contributed by atoms with Gasteiger partial charge in [-0.25, -0.2) is 0 Å². The van der Waals surface area contributed by atoms with Crippen molar-refractivity contribution in [1.29, 1.82) is 0 Å². The summed E-state index contributed by atoms with van der Waals surface area (Å²) in [6.45, 7) is 1.88. The molecule has 0 heterocycles. The van der Waals surface area contributed by atoms with Crippen LogP contribution in [-0.4, -0.2) is 24.4 Å². The maximum absolute atomic E-state index is 13.6. The molecule has 0 radical (unpaired) electrons. The van der Waals surface area contributed by atoms with E-state index >= 15 is 0 Å². The number of carbonyl (C=O) groups is 1. The van der Waals surface area contributed by atoms with Crippen LogP contribution in [0.2, 0.25) is 5.02 Å². The Morgan fingerprint density at radius 2 is 1.08 bits per heavy atom. The molecule has 0 amide bonds. The topological polar surface area (TPSA) is 44.8 Å². The summed E-state index contributed by atoms with van der Waals surface area (Å²) in [5, 5.41) is 1.03. The number of para-hydroxylation sites is 3. The number of aryl methyl sites for hydroxylation is 1. The van der Waals surface area contributed by atoms with Crippen molar-refractivity contribution in [2.45, 2.75) is 6.92 Å². The first kappa shape index (κ1) is 28.5. The number of carbonyl (C=O) groups excluding carboxylic acids is 1. The van der Waals surface area contributed by atoms with Crippen LogP contribution in [-0.2, 0) is 0 Å². The Labute approximate surface area is 246 Å². The van der Waals surface area contributed by atoms with E-state index in [2.05, 4.69) is 0 Å².